The van der Waals surface area contributed by atoms with E-state index >= 15 is 0 Å². The largest absolute Gasteiger partial charge is 0.495 e. The maximum atomic E-state index is 9.30. The molecule has 2 rings (SSSR count). The van der Waals surface area contributed by atoms with Gasteiger partial charge in [0.05, 0.1) is 7.11 Å². The van der Waals surface area contributed by atoms with E-state index in [2.05, 4.69) is 11.1 Å². The average Bonchev–Trinajstić information content (AvgIpc) is 2.52. The van der Waals surface area contributed by atoms with Crippen LogP contribution in [0.4, 0.5) is 0 Å². The van der Waals surface area contributed by atoms with E-state index in [1.165, 1.54) is 0 Å². The van der Waals surface area contributed by atoms with Gasteiger partial charge in [-0.3, -0.25) is 0 Å². The second-order valence-electron chi connectivity index (χ2n) is 4.24. The van der Waals surface area contributed by atoms with Crippen molar-refractivity contribution in [2.75, 3.05) is 7.11 Å². The lowest BCUT2D eigenvalue weighted by Gasteiger charge is -2.12. The number of aryl methyl sites for hydroxylation is 1. The molecule has 1 heterocycles. The quantitative estimate of drug-likeness (QED) is 0.836. The minimum Gasteiger partial charge on any atom is -0.495 e. The molecule has 0 fully saturated rings. The number of methoxy groups -OCH3 is 1. The second kappa shape index (κ2) is 6.58. The van der Waals surface area contributed by atoms with Gasteiger partial charge in [-0.1, -0.05) is 37.3 Å². The van der Waals surface area contributed by atoms with Crippen LogP contribution in [0.1, 0.15) is 23.6 Å². The first-order valence-corrected chi connectivity index (χ1v) is 6.42. The molecule has 0 aliphatic rings. The SMILES string of the molecule is CCc1cnc(OCc2ccccc2)c(C#N)c1OC. The molecule has 1 aromatic carbocycles. The molecule has 20 heavy (non-hydrogen) atoms. The third kappa shape index (κ3) is 2.89. The summed E-state index contributed by atoms with van der Waals surface area (Å²) in [6, 6.07) is 11.9. The Morgan fingerprint density at radius 1 is 1.25 bits per heavy atom. The van der Waals surface area contributed by atoms with Crippen molar-refractivity contribution in [2.24, 2.45) is 0 Å². The Bertz CT molecular complexity index is 618. The van der Waals surface area contributed by atoms with Gasteiger partial charge in [0.25, 0.3) is 0 Å². The molecule has 0 spiro atoms. The van der Waals surface area contributed by atoms with E-state index in [9.17, 15) is 5.26 Å². The Kier molecular flexibility index (Phi) is 4.56. The highest BCUT2D eigenvalue weighted by atomic mass is 16.5. The summed E-state index contributed by atoms with van der Waals surface area (Å²) in [5, 5.41) is 9.30. The number of nitrogens with zero attached hydrogens (tertiary/aromatic N) is 2. The van der Waals surface area contributed by atoms with E-state index in [0.717, 1.165) is 17.5 Å². The minimum atomic E-state index is 0.311. The van der Waals surface area contributed by atoms with Crippen molar-refractivity contribution in [2.45, 2.75) is 20.0 Å². The molecule has 4 nitrogen and oxygen atoms in total. The molecule has 0 N–H and O–H groups in total. The van der Waals surface area contributed by atoms with Crippen LogP contribution in [0.2, 0.25) is 0 Å². The smallest absolute Gasteiger partial charge is 0.235 e. The van der Waals surface area contributed by atoms with Crippen molar-refractivity contribution in [1.82, 2.24) is 4.98 Å². The van der Waals surface area contributed by atoms with Gasteiger partial charge in [-0.05, 0) is 12.0 Å². The monoisotopic (exact) mass is 268 g/mol. The Labute approximate surface area is 118 Å². The maximum absolute atomic E-state index is 9.30. The van der Waals surface area contributed by atoms with E-state index in [0.29, 0.717) is 23.8 Å². The highest BCUT2D eigenvalue weighted by Crippen LogP contribution is 2.30. The van der Waals surface area contributed by atoms with Crippen LogP contribution in [0, 0.1) is 11.3 Å². The molecule has 0 bridgehead atoms. The maximum Gasteiger partial charge on any atom is 0.235 e. The van der Waals surface area contributed by atoms with Gasteiger partial charge in [0, 0.05) is 11.8 Å². The van der Waals surface area contributed by atoms with Gasteiger partial charge in [-0.15, -0.1) is 0 Å². The number of benzene rings is 1. The molecule has 0 saturated heterocycles. The summed E-state index contributed by atoms with van der Waals surface area (Å²) in [5.41, 5.74) is 2.27. The molecule has 102 valence electrons. The summed E-state index contributed by atoms with van der Waals surface area (Å²) in [5.74, 6) is 0.860. The number of rotatable bonds is 5. The summed E-state index contributed by atoms with van der Waals surface area (Å²) < 4.78 is 11.0. The van der Waals surface area contributed by atoms with E-state index in [1.807, 2.05) is 37.3 Å². The fraction of sp³-hybridized carbons (Fsp3) is 0.250. The molecule has 2 aromatic rings. The van der Waals surface area contributed by atoms with Gasteiger partial charge in [-0.25, -0.2) is 4.98 Å². The van der Waals surface area contributed by atoms with Crippen LogP contribution >= 0.6 is 0 Å². The number of pyridine rings is 1. The zero-order valence-electron chi connectivity index (χ0n) is 11.6. The van der Waals surface area contributed by atoms with Gasteiger partial charge in [0.2, 0.25) is 5.88 Å². The summed E-state index contributed by atoms with van der Waals surface area (Å²) in [4.78, 5) is 4.22. The zero-order chi connectivity index (χ0) is 14.4. The third-order valence-corrected chi connectivity index (χ3v) is 2.99. The second-order valence-corrected chi connectivity index (χ2v) is 4.24. The first-order chi connectivity index (χ1) is 9.80. The van der Waals surface area contributed by atoms with Crippen LogP contribution in [0.25, 0.3) is 0 Å². The zero-order valence-corrected chi connectivity index (χ0v) is 11.6. The molecule has 0 unspecified atom stereocenters. The fourth-order valence-electron chi connectivity index (χ4n) is 1.94. The van der Waals surface area contributed by atoms with E-state index < -0.39 is 0 Å². The minimum absolute atomic E-state index is 0.311. The molecule has 0 saturated carbocycles. The van der Waals surface area contributed by atoms with Gasteiger partial charge < -0.3 is 9.47 Å². The number of hydrogen-bond acceptors (Lipinski definition) is 4. The normalized spacial score (nSPS) is 9.85. The first-order valence-electron chi connectivity index (χ1n) is 6.42. The Morgan fingerprint density at radius 2 is 2.00 bits per heavy atom. The summed E-state index contributed by atoms with van der Waals surface area (Å²) in [7, 11) is 1.55. The Balaban J connectivity index is 2.26. The first kappa shape index (κ1) is 13.9. The standard InChI is InChI=1S/C16H16N2O2/c1-3-13-10-18-16(14(9-17)15(13)19-2)20-11-12-7-5-4-6-8-12/h4-8,10H,3,11H2,1-2H3. The lowest BCUT2D eigenvalue weighted by Crippen LogP contribution is -2.03. The van der Waals surface area contributed by atoms with Crippen molar-refractivity contribution in [3.05, 3.63) is 53.2 Å². The predicted molar refractivity (Wildman–Crippen MR) is 75.7 cm³/mol. The van der Waals surface area contributed by atoms with Crippen molar-refractivity contribution < 1.29 is 9.47 Å². The van der Waals surface area contributed by atoms with Crippen LogP contribution in [0.5, 0.6) is 11.6 Å². The lowest BCUT2D eigenvalue weighted by atomic mass is 10.1. The van der Waals surface area contributed by atoms with Crippen LogP contribution in [-0.2, 0) is 13.0 Å². The van der Waals surface area contributed by atoms with Gasteiger partial charge in [0.15, 0.2) is 5.56 Å². The fourth-order valence-corrected chi connectivity index (χ4v) is 1.94. The van der Waals surface area contributed by atoms with Crippen LogP contribution in [0.3, 0.4) is 0 Å². The summed E-state index contributed by atoms with van der Waals surface area (Å²) >= 11 is 0. The highest BCUT2D eigenvalue weighted by molar-refractivity contribution is 5.53. The predicted octanol–water partition coefficient (Wildman–Crippen LogP) is 3.10. The number of nitriles is 1. The molecule has 4 heteroatoms. The van der Waals surface area contributed by atoms with Gasteiger partial charge in [-0.2, -0.15) is 5.26 Å². The summed E-state index contributed by atoms with van der Waals surface area (Å²) in [6.07, 6.45) is 2.45. The van der Waals surface area contributed by atoms with E-state index in [1.54, 1.807) is 13.3 Å². The lowest BCUT2D eigenvalue weighted by molar-refractivity contribution is 0.289. The van der Waals surface area contributed by atoms with Crippen LogP contribution in [-0.4, -0.2) is 12.1 Å². The van der Waals surface area contributed by atoms with E-state index in [-0.39, 0.29) is 0 Å². The average molecular weight is 268 g/mol. The Hall–Kier alpha value is -2.54. The topological polar surface area (TPSA) is 55.1 Å². The number of aromatic nitrogens is 1. The third-order valence-electron chi connectivity index (χ3n) is 2.99. The number of ether oxygens (including phenoxy) is 2. The molecule has 0 aliphatic carbocycles. The van der Waals surface area contributed by atoms with Crippen molar-refractivity contribution in [3.8, 4) is 17.7 Å². The molecular weight excluding hydrogens is 252 g/mol. The molecule has 0 aliphatic heterocycles. The molecule has 1 aromatic heterocycles. The molecule has 0 amide bonds. The van der Waals surface area contributed by atoms with Crippen molar-refractivity contribution in [1.29, 1.82) is 5.26 Å². The van der Waals surface area contributed by atoms with Gasteiger partial charge >= 0.3 is 0 Å². The summed E-state index contributed by atoms with van der Waals surface area (Å²) in [6.45, 7) is 2.36. The molecular formula is C16H16N2O2. The molecule has 0 radical (unpaired) electrons. The molecule has 0 atom stereocenters. The van der Waals surface area contributed by atoms with E-state index in [4.69, 9.17) is 9.47 Å². The number of hydrogen-bond donors (Lipinski definition) is 0. The van der Waals surface area contributed by atoms with Crippen LogP contribution in [0.15, 0.2) is 36.5 Å². The van der Waals surface area contributed by atoms with Crippen molar-refractivity contribution >= 4 is 0 Å². The van der Waals surface area contributed by atoms with Crippen LogP contribution < -0.4 is 9.47 Å². The Morgan fingerprint density at radius 3 is 2.60 bits per heavy atom. The van der Waals surface area contributed by atoms with Crippen molar-refractivity contribution in [3.63, 3.8) is 0 Å². The highest BCUT2D eigenvalue weighted by Gasteiger charge is 2.15. The van der Waals surface area contributed by atoms with Gasteiger partial charge in [0.1, 0.15) is 18.4 Å².